The highest BCUT2D eigenvalue weighted by Crippen LogP contribution is 2.44. The van der Waals surface area contributed by atoms with Crippen LogP contribution in [0.5, 0.6) is 11.5 Å². The molecule has 0 saturated heterocycles. The van der Waals surface area contributed by atoms with Gasteiger partial charge in [-0.1, -0.05) is 0 Å². The summed E-state index contributed by atoms with van der Waals surface area (Å²) < 4.78 is 10.6. The number of hydrogen-bond donors (Lipinski definition) is 2. The average Bonchev–Trinajstić information content (AvgIpc) is 3.17. The molecule has 0 spiro atoms. The molecule has 2 rings (SSSR count). The SMILES string of the molecule is COc1cc(C)c(NCC2(CN)CC2)cc1OC. The van der Waals surface area contributed by atoms with E-state index >= 15 is 0 Å². The lowest BCUT2D eigenvalue weighted by Crippen LogP contribution is -2.24. The Morgan fingerprint density at radius 2 is 1.83 bits per heavy atom. The zero-order chi connectivity index (χ0) is 13.2. The van der Waals surface area contributed by atoms with Gasteiger partial charge < -0.3 is 20.5 Å². The fourth-order valence-electron chi connectivity index (χ4n) is 2.08. The summed E-state index contributed by atoms with van der Waals surface area (Å²) in [5.74, 6) is 1.52. The predicted octanol–water partition coefficient (Wildman–Crippen LogP) is 2.16. The van der Waals surface area contributed by atoms with E-state index in [2.05, 4.69) is 12.2 Å². The molecule has 1 saturated carbocycles. The maximum Gasteiger partial charge on any atom is 0.162 e. The molecule has 1 aromatic carbocycles. The van der Waals surface area contributed by atoms with Crippen molar-refractivity contribution in [1.29, 1.82) is 0 Å². The van der Waals surface area contributed by atoms with Crippen molar-refractivity contribution in [3.8, 4) is 11.5 Å². The van der Waals surface area contributed by atoms with Crippen molar-refractivity contribution >= 4 is 5.69 Å². The molecular formula is C14H22N2O2. The van der Waals surface area contributed by atoms with E-state index in [1.54, 1.807) is 14.2 Å². The highest BCUT2D eigenvalue weighted by atomic mass is 16.5. The van der Waals surface area contributed by atoms with Crippen LogP contribution in [-0.2, 0) is 0 Å². The third-order valence-corrected chi connectivity index (χ3v) is 3.77. The minimum absolute atomic E-state index is 0.319. The monoisotopic (exact) mass is 250 g/mol. The first-order chi connectivity index (χ1) is 8.64. The molecule has 1 fully saturated rings. The van der Waals surface area contributed by atoms with Gasteiger partial charge in [-0.2, -0.15) is 0 Å². The Balaban J connectivity index is 2.12. The largest absolute Gasteiger partial charge is 0.493 e. The van der Waals surface area contributed by atoms with Crippen molar-refractivity contribution < 1.29 is 9.47 Å². The summed E-state index contributed by atoms with van der Waals surface area (Å²) in [5, 5.41) is 3.48. The smallest absolute Gasteiger partial charge is 0.162 e. The summed E-state index contributed by atoms with van der Waals surface area (Å²) in [6.07, 6.45) is 2.45. The van der Waals surface area contributed by atoms with Gasteiger partial charge >= 0.3 is 0 Å². The van der Waals surface area contributed by atoms with Crippen molar-refractivity contribution in [2.75, 3.05) is 32.6 Å². The van der Waals surface area contributed by atoms with Crippen LogP contribution in [0, 0.1) is 12.3 Å². The van der Waals surface area contributed by atoms with Gasteiger partial charge in [-0.3, -0.25) is 0 Å². The molecule has 0 unspecified atom stereocenters. The van der Waals surface area contributed by atoms with Gasteiger partial charge in [-0.15, -0.1) is 0 Å². The van der Waals surface area contributed by atoms with Crippen molar-refractivity contribution in [2.45, 2.75) is 19.8 Å². The average molecular weight is 250 g/mol. The fraction of sp³-hybridized carbons (Fsp3) is 0.571. The van der Waals surface area contributed by atoms with Gasteiger partial charge in [0.15, 0.2) is 11.5 Å². The summed E-state index contributed by atoms with van der Waals surface area (Å²) in [6.45, 7) is 3.75. The molecule has 1 aliphatic rings. The molecule has 0 amide bonds. The number of nitrogens with one attached hydrogen (secondary N) is 1. The first-order valence-corrected chi connectivity index (χ1v) is 6.31. The normalized spacial score (nSPS) is 16.2. The highest BCUT2D eigenvalue weighted by Gasteiger charge is 2.40. The van der Waals surface area contributed by atoms with Crippen LogP contribution < -0.4 is 20.5 Å². The van der Waals surface area contributed by atoms with E-state index in [4.69, 9.17) is 15.2 Å². The fourth-order valence-corrected chi connectivity index (χ4v) is 2.08. The van der Waals surface area contributed by atoms with E-state index in [0.717, 1.165) is 35.8 Å². The van der Waals surface area contributed by atoms with Crippen LogP contribution in [0.25, 0.3) is 0 Å². The molecule has 0 aliphatic heterocycles. The number of nitrogens with two attached hydrogens (primary N) is 1. The summed E-state index contributed by atoms with van der Waals surface area (Å²) >= 11 is 0. The second-order valence-electron chi connectivity index (χ2n) is 5.08. The topological polar surface area (TPSA) is 56.5 Å². The van der Waals surface area contributed by atoms with Gasteiger partial charge in [0.25, 0.3) is 0 Å². The molecule has 18 heavy (non-hydrogen) atoms. The van der Waals surface area contributed by atoms with Gasteiger partial charge in [0.2, 0.25) is 0 Å². The van der Waals surface area contributed by atoms with Gasteiger partial charge in [0.1, 0.15) is 0 Å². The Morgan fingerprint density at radius 3 is 2.33 bits per heavy atom. The number of aryl methyl sites for hydroxylation is 1. The highest BCUT2D eigenvalue weighted by molar-refractivity contribution is 5.60. The molecule has 100 valence electrons. The number of ether oxygens (including phenoxy) is 2. The minimum atomic E-state index is 0.319. The molecule has 3 N–H and O–H groups in total. The van der Waals surface area contributed by atoms with E-state index in [-0.39, 0.29) is 0 Å². The standard InChI is InChI=1S/C14H22N2O2/c1-10-6-12(17-2)13(18-3)7-11(10)16-9-14(8-15)4-5-14/h6-7,16H,4-5,8-9,15H2,1-3H3. The van der Waals surface area contributed by atoms with Gasteiger partial charge in [-0.05, 0) is 43.4 Å². The van der Waals surface area contributed by atoms with E-state index in [1.165, 1.54) is 12.8 Å². The lowest BCUT2D eigenvalue weighted by molar-refractivity contribution is 0.355. The van der Waals surface area contributed by atoms with Gasteiger partial charge in [-0.25, -0.2) is 0 Å². The molecule has 0 heterocycles. The second kappa shape index (κ2) is 5.06. The van der Waals surface area contributed by atoms with Crippen molar-refractivity contribution in [2.24, 2.45) is 11.1 Å². The number of benzene rings is 1. The predicted molar refractivity (Wildman–Crippen MR) is 73.5 cm³/mol. The van der Waals surface area contributed by atoms with Crippen LogP contribution in [0.3, 0.4) is 0 Å². The second-order valence-corrected chi connectivity index (χ2v) is 5.08. The van der Waals surface area contributed by atoms with Crippen LogP contribution in [0.15, 0.2) is 12.1 Å². The van der Waals surface area contributed by atoms with E-state index in [9.17, 15) is 0 Å². The lowest BCUT2D eigenvalue weighted by Gasteiger charge is -2.18. The Labute approximate surface area is 108 Å². The molecule has 0 aromatic heterocycles. The molecule has 1 aromatic rings. The lowest BCUT2D eigenvalue weighted by atomic mass is 10.1. The molecule has 1 aliphatic carbocycles. The summed E-state index contributed by atoms with van der Waals surface area (Å²) in [5.41, 5.74) is 8.35. The van der Waals surface area contributed by atoms with E-state index < -0.39 is 0 Å². The Bertz CT molecular complexity index is 428. The molecular weight excluding hydrogens is 228 g/mol. The number of hydrogen-bond acceptors (Lipinski definition) is 4. The number of anilines is 1. The Kier molecular flexibility index (Phi) is 3.66. The van der Waals surface area contributed by atoms with Crippen LogP contribution >= 0.6 is 0 Å². The molecule has 0 radical (unpaired) electrons. The quantitative estimate of drug-likeness (QED) is 0.812. The summed E-state index contributed by atoms with van der Waals surface area (Å²) in [6, 6.07) is 3.98. The van der Waals surface area contributed by atoms with Crippen molar-refractivity contribution in [3.05, 3.63) is 17.7 Å². The molecule has 4 nitrogen and oxygen atoms in total. The zero-order valence-corrected chi connectivity index (χ0v) is 11.4. The summed E-state index contributed by atoms with van der Waals surface area (Å²) in [4.78, 5) is 0. The number of methoxy groups -OCH3 is 2. The van der Waals surface area contributed by atoms with Crippen LogP contribution in [-0.4, -0.2) is 27.3 Å². The third-order valence-electron chi connectivity index (χ3n) is 3.77. The first-order valence-electron chi connectivity index (χ1n) is 6.31. The maximum absolute atomic E-state index is 5.79. The van der Waals surface area contributed by atoms with Gasteiger partial charge in [0, 0.05) is 18.3 Å². The van der Waals surface area contributed by atoms with Crippen molar-refractivity contribution in [3.63, 3.8) is 0 Å². The number of rotatable bonds is 6. The maximum atomic E-state index is 5.79. The zero-order valence-electron chi connectivity index (χ0n) is 11.4. The van der Waals surface area contributed by atoms with Gasteiger partial charge in [0.05, 0.1) is 14.2 Å². The van der Waals surface area contributed by atoms with Crippen LogP contribution in [0.2, 0.25) is 0 Å². The molecule has 0 atom stereocenters. The molecule has 4 heteroatoms. The molecule has 0 bridgehead atoms. The van der Waals surface area contributed by atoms with E-state index in [1.807, 2.05) is 12.1 Å². The first kappa shape index (κ1) is 13.0. The Morgan fingerprint density at radius 1 is 1.22 bits per heavy atom. The third kappa shape index (κ3) is 2.53. The van der Waals surface area contributed by atoms with Crippen molar-refractivity contribution in [1.82, 2.24) is 0 Å². The summed E-state index contributed by atoms with van der Waals surface area (Å²) in [7, 11) is 3.30. The van der Waals surface area contributed by atoms with Crippen LogP contribution in [0.1, 0.15) is 18.4 Å². The van der Waals surface area contributed by atoms with E-state index in [0.29, 0.717) is 5.41 Å². The minimum Gasteiger partial charge on any atom is -0.493 e. The Hall–Kier alpha value is -1.42. The van der Waals surface area contributed by atoms with Crippen LogP contribution in [0.4, 0.5) is 5.69 Å².